The average molecular weight is 265 g/mol. The molecule has 0 amide bonds. The van der Waals surface area contributed by atoms with E-state index in [-0.39, 0.29) is 0 Å². The monoisotopic (exact) mass is 265 g/mol. The van der Waals surface area contributed by atoms with Gasteiger partial charge in [-0.3, -0.25) is 0 Å². The van der Waals surface area contributed by atoms with E-state index < -0.39 is 0 Å². The van der Waals surface area contributed by atoms with Crippen molar-refractivity contribution in [3.8, 4) is 0 Å². The standard InChI is InChI=1S/C16H27NS/c1-3-11-17-15(16(2)9-4-5-10-16)7-6-14-8-12-18-13-14/h8,12-13,15,17H,3-7,9-11H2,1-2H3. The highest BCUT2D eigenvalue weighted by Gasteiger charge is 2.36. The molecule has 1 aliphatic rings. The van der Waals surface area contributed by atoms with Gasteiger partial charge < -0.3 is 5.32 Å². The highest BCUT2D eigenvalue weighted by atomic mass is 32.1. The van der Waals surface area contributed by atoms with Crippen molar-refractivity contribution >= 4 is 11.3 Å². The molecule has 0 aliphatic heterocycles. The molecule has 1 nitrogen and oxygen atoms in total. The van der Waals surface area contributed by atoms with Crippen molar-refractivity contribution in [2.45, 2.75) is 64.8 Å². The van der Waals surface area contributed by atoms with Gasteiger partial charge in [-0.25, -0.2) is 0 Å². The highest BCUT2D eigenvalue weighted by molar-refractivity contribution is 7.07. The van der Waals surface area contributed by atoms with Gasteiger partial charge in [-0.15, -0.1) is 0 Å². The van der Waals surface area contributed by atoms with Crippen LogP contribution in [0.1, 0.15) is 57.9 Å². The first-order valence-electron chi connectivity index (χ1n) is 7.49. The Labute approximate surface area is 116 Å². The summed E-state index contributed by atoms with van der Waals surface area (Å²) in [6, 6.07) is 2.98. The third kappa shape index (κ3) is 3.58. The lowest BCUT2D eigenvalue weighted by Crippen LogP contribution is -2.42. The smallest absolute Gasteiger partial charge is 0.0124 e. The lowest BCUT2D eigenvalue weighted by Gasteiger charge is -2.35. The van der Waals surface area contributed by atoms with E-state index in [2.05, 4.69) is 36.0 Å². The summed E-state index contributed by atoms with van der Waals surface area (Å²) in [4.78, 5) is 0. The zero-order valence-electron chi connectivity index (χ0n) is 11.9. The normalized spacial score (nSPS) is 20.1. The second-order valence-electron chi connectivity index (χ2n) is 6.04. The summed E-state index contributed by atoms with van der Waals surface area (Å²) in [7, 11) is 0. The molecule has 0 saturated heterocycles. The fourth-order valence-corrected chi connectivity index (χ4v) is 4.00. The molecule has 0 bridgehead atoms. The molecule has 1 aromatic heterocycles. The molecule has 1 unspecified atom stereocenters. The molecule has 1 atom stereocenters. The van der Waals surface area contributed by atoms with Crippen LogP contribution in [0.25, 0.3) is 0 Å². The number of nitrogens with one attached hydrogen (secondary N) is 1. The first-order chi connectivity index (χ1) is 8.74. The Balaban J connectivity index is 1.91. The zero-order chi connectivity index (χ0) is 12.8. The van der Waals surface area contributed by atoms with E-state index in [1.54, 1.807) is 0 Å². The van der Waals surface area contributed by atoms with E-state index in [1.165, 1.54) is 57.1 Å². The summed E-state index contributed by atoms with van der Waals surface area (Å²) in [5.74, 6) is 0. The minimum Gasteiger partial charge on any atom is -0.313 e. The summed E-state index contributed by atoms with van der Waals surface area (Å²) in [5.41, 5.74) is 2.07. The molecular formula is C16H27NS. The predicted molar refractivity (Wildman–Crippen MR) is 81.3 cm³/mol. The van der Waals surface area contributed by atoms with Crippen molar-refractivity contribution in [2.24, 2.45) is 5.41 Å². The van der Waals surface area contributed by atoms with Gasteiger partial charge in [-0.05, 0) is 66.5 Å². The van der Waals surface area contributed by atoms with Gasteiger partial charge in [0.25, 0.3) is 0 Å². The van der Waals surface area contributed by atoms with Crippen LogP contribution in [-0.4, -0.2) is 12.6 Å². The molecule has 2 rings (SSSR count). The SMILES string of the molecule is CCCNC(CCc1ccsc1)C1(C)CCCC1. The van der Waals surface area contributed by atoms with Gasteiger partial charge in [-0.2, -0.15) is 11.3 Å². The van der Waals surface area contributed by atoms with E-state index >= 15 is 0 Å². The van der Waals surface area contributed by atoms with E-state index in [4.69, 9.17) is 0 Å². The van der Waals surface area contributed by atoms with Crippen molar-refractivity contribution < 1.29 is 0 Å². The molecule has 1 aromatic rings. The number of rotatable bonds is 7. The molecule has 1 fully saturated rings. The van der Waals surface area contributed by atoms with E-state index in [0.29, 0.717) is 11.5 Å². The Bertz CT molecular complexity index is 325. The minimum absolute atomic E-state index is 0.547. The quantitative estimate of drug-likeness (QED) is 0.758. The third-order valence-electron chi connectivity index (χ3n) is 4.53. The summed E-state index contributed by atoms with van der Waals surface area (Å²) in [6.45, 7) is 5.94. The maximum Gasteiger partial charge on any atom is 0.0124 e. The average Bonchev–Trinajstić information content (AvgIpc) is 3.01. The van der Waals surface area contributed by atoms with Gasteiger partial charge in [0.1, 0.15) is 0 Å². The molecule has 1 heterocycles. The van der Waals surface area contributed by atoms with Gasteiger partial charge in [0.05, 0.1) is 0 Å². The van der Waals surface area contributed by atoms with Crippen molar-refractivity contribution in [1.29, 1.82) is 0 Å². The van der Waals surface area contributed by atoms with Crippen LogP contribution >= 0.6 is 11.3 Å². The minimum atomic E-state index is 0.547. The van der Waals surface area contributed by atoms with E-state index in [0.717, 1.165) is 0 Å². The van der Waals surface area contributed by atoms with Crippen LogP contribution < -0.4 is 5.32 Å². The Morgan fingerprint density at radius 3 is 2.78 bits per heavy atom. The molecule has 0 radical (unpaired) electrons. The van der Waals surface area contributed by atoms with Crippen LogP contribution in [0.15, 0.2) is 16.8 Å². The van der Waals surface area contributed by atoms with Crippen LogP contribution in [-0.2, 0) is 6.42 Å². The maximum atomic E-state index is 3.82. The number of hydrogen-bond acceptors (Lipinski definition) is 2. The highest BCUT2D eigenvalue weighted by Crippen LogP contribution is 2.41. The lowest BCUT2D eigenvalue weighted by molar-refractivity contribution is 0.210. The largest absolute Gasteiger partial charge is 0.313 e. The van der Waals surface area contributed by atoms with Gasteiger partial charge >= 0.3 is 0 Å². The first-order valence-corrected chi connectivity index (χ1v) is 8.43. The third-order valence-corrected chi connectivity index (χ3v) is 5.26. The second-order valence-corrected chi connectivity index (χ2v) is 6.82. The predicted octanol–water partition coefficient (Wildman–Crippen LogP) is 4.63. The van der Waals surface area contributed by atoms with Crippen molar-refractivity contribution in [3.05, 3.63) is 22.4 Å². The summed E-state index contributed by atoms with van der Waals surface area (Å²) >= 11 is 1.82. The Morgan fingerprint density at radius 1 is 1.39 bits per heavy atom. The Morgan fingerprint density at radius 2 is 2.17 bits per heavy atom. The fraction of sp³-hybridized carbons (Fsp3) is 0.750. The molecule has 102 valence electrons. The molecule has 0 aromatic carbocycles. The van der Waals surface area contributed by atoms with Crippen LogP contribution in [0.5, 0.6) is 0 Å². The molecular weight excluding hydrogens is 238 g/mol. The fourth-order valence-electron chi connectivity index (χ4n) is 3.29. The zero-order valence-corrected chi connectivity index (χ0v) is 12.7. The van der Waals surface area contributed by atoms with Crippen molar-refractivity contribution in [3.63, 3.8) is 0 Å². The second kappa shape index (κ2) is 6.72. The van der Waals surface area contributed by atoms with E-state index in [9.17, 15) is 0 Å². The Kier molecular flexibility index (Phi) is 5.25. The summed E-state index contributed by atoms with van der Waals surface area (Å²) in [6.07, 6.45) is 9.47. The number of hydrogen-bond donors (Lipinski definition) is 1. The molecule has 1 N–H and O–H groups in total. The van der Waals surface area contributed by atoms with Crippen LogP contribution in [0, 0.1) is 5.41 Å². The van der Waals surface area contributed by atoms with Gasteiger partial charge in [0.15, 0.2) is 0 Å². The maximum absolute atomic E-state index is 3.82. The van der Waals surface area contributed by atoms with Gasteiger partial charge in [-0.1, -0.05) is 26.7 Å². The first kappa shape index (κ1) is 14.1. The van der Waals surface area contributed by atoms with Crippen LogP contribution in [0.4, 0.5) is 0 Å². The summed E-state index contributed by atoms with van der Waals surface area (Å²) < 4.78 is 0. The van der Waals surface area contributed by atoms with E-state index in [1.807, 2.05) is 11.3 Å². The molecule has 18 heavy (non-hydrogen) atoms. The molecule has 1 aliphatic carbocycles. The van der Waals surface area contributed by atoms with Crippen molar-refractivity contribution in [1.82, 2.24) is 5.32 Å². The van der Waals surface area contributed by atoms with Gasteiger partial charge in [0, 0.05) is 6.04 Å². The number of thiophene rings is 1. The summed E-state index contributed by atoms with van der Waals surface area (Å²) in [5, 5.41) is 8.31. The number of aryl methyl sites for hydroxylation is 1. The van der Waals surface area contributed by atoms with Crippen LogP contribution in [0.3, 0.4) is 0 Å². The Hall–Kier alpha value is -0.340. The molecule has 0 spiro atoms. The molecule has 1 saturated carbocycles. The topological polar surface area (TPSA) is 12.0 Å². The van der Waals surface area contributed by atoms with Gasteiger partial charge in [0.2, 0.25) is 0 Å². The molecule has 2 heteroatoms. The van der Waals surface area contributed by atoms with Crippen molar-refractivity contribution in [2.75, 3.05) is 6.54 Å². The van der Waals surface area contributed by atoms with Crippen LogP contribution in [0.2, 0.25) is 0 Å². The lowest BCUT2D eigenvalue weighted by atomic mass is 9.78.